The van der Waals surface area contributed by atoms with Gasteiger partial charge in [-0.15, -0.1) is 0 Å². The van der Waals surface area contributed by atoms with Gasteiger partial charge in [-0.05, 0) is 33.1 Å². The zero-order valence-corrected chi connectivity index (χ0v) is 17.4. The van der Waals surface area contributed by atoms with E-state index in [0.717, 1.165) is 6.42 Å². The maximum Gasteiger partial charge on any atom is 0.313 e. The molecule has 0 aromatic carbocycles. The van der Waals surface area contributed by atoms with Gasteiger partial charge in [0.25, 0.3) is 0 Å². The molecule has 0 heterocycles. The Kier molecular flexibility index (Phi) is 20.6. The van der Waals surface area contributed by atoms with Gasteiger partial charge < -0.3 is 14.6 Å². The summed E-state index contributed by atoms with van der Waals surface area (Å²) in [5.74, 6) is -0.913. The molecule has 158 valence electrons. The highest BCUT2D eigenvalue weighted by Crippen LogP contribution is 2.03. The minimum atomic E-state index is -0.599. The summed E-state index contributed by atoms with van der Waals surface area (Å²) in [6.45, 7) is 3.86. The number of carbonyl (C=O) groups is 3. The highest BCUT2D eigenvalue weighted by Gasteiger charge is 2.09. The number of esters is 2. The van der Waals surface area contributed by atoms with Gasteiger partial charge in [0.05, 0.1) is 26.7 Å². The molecule has 0 spiro atoms. The number of hydrogen-bond donors (Lipinski definition) is 1. The van der Waals surface area contributed by atoms with Crippen molar-refractivity contribution < 1.29 is 29.0 Å². The molecule has 6 nitrogen and oxygen atoms in total. The molecule has 0 aromatic heterocycles. The van der Waals surface area contributed by atoms with E-state index in [-0.39, 0.29) is 24.6 Å². The molecule has 1 atom stereocenters. The van der Waals surface area contributed by atoms with Crippen molar-refractivity contribution >= 4 is 17.7 Å². The molecule has 0 saturated carbocycles. The lowest BCUT2D eigenvalue weighted by Crippen LogP contribution is -2.13. The molecule has 1 unspecified atom stereocenters. The van der Waals surface area contributed by atoms with Gasteiger partial charge in [-0.3, -0.25) is 14.4 Å². The van der Waals surface area contributed by atoms with Crippen LogP contribution in [-0.2, 0) is 23.9 Å². The first kappa shape index (κ1) is 27.7. The molecule has 0 aliphatic carbocycles. The Hall–Kier alpha value is -2.47. The van der Waals surface area contributed by atoms with Crippen LogP contribution in [0.4, 0.5) is 0 Å². The van der Waals surface area contributed by atoms with Crippen LogP contribution in [0, 0.1) is 0 Å². The summed E-state index contributed by atoms with van der Waals surface area (Å²) in [7, 11) is 2.60. The minimum Gasteiger partial charge on any atom is -0.469 e. The lowest BCUT2D eigenvalue weighted by molar-refractivity contribution is -0.144. The van der Waals surface area contributed by atoms with Gasteiger partial charge in [-0.25, -0.2) is 0 Å². The molecule has 0 bridgehead atoms. The highest BCUT2D eigenvalue weighted by atomic mass is 16.5. The van der Waals surface area contributed by atoms with Crippen LogP contribution in [0.1, 0.15) is 52.4 Å². The van der Waals surface area contributed by atoms with E-state index >= 15 is 0 Å². The molecule has 0 amide bonds. The number of allylic oxidation sites excluding steroid dienone is 8. The van der Waals surface area contributed by atoms with Crippen LogP contribution in [0.15, 0.2) is 48.6 Å². The van der Waals surface area contributed by atoms with E-state index in [4.69, 9.17) is 0 Å². The summed E-state index contributed by atoms with van der Waals surface area (Å²) in [4.78, 5) is 32.5. The second kappa shape index (κ2) is 20.8. The van der Waals surface area contributed by atoms with Crippen molar-refractivity contribution in [2.24, 2.45) is 0 Å². The van der Waals surface area contributed by atoms with Crippen molar-refractivity contribution in [2.75, 3.05) is 14.2 Å². The van der Waals surface area contributed by atoms with Crippen molar-refractivity contribution in [3.05, 3.63) is 48.6 Å². The zero-order chi connectivity index (χ0) is 21.6. The van der Waals surface area contributed by atoms with Crippen molar-refractivity contribution in [1.82, 2.24) is 0 Å². The monoisotopic (exact) mass is 394 g/mol. The molecule has 0 rings (SSSR count). The second-order valence-corrected chi connectivity index (χ2v) is 5.75. The fourth-order valence-corrected chi connectivity index (χ4v) is 1.80. The fourth-order valence-electron chi connectivity index (χ4n) is 1.80. The first-order chi connectivity index (χ1) is 13.4. The smallest absolute Gasteiger partial charge is 0.313 e. The van der Waals surface area contributed by atoms with Crippen molar-refractivity contribution in [1.29, 1.82) is 0 Å². The maximum absolute atomic E-state index is 11.1. The van der Waals surface area contributed by atoms with Crippen LogP contribution >= 0.6 is 0 Å². The SMILES string of the molecule is CC=CC=CCCC(=O)CC(=O)OC.CC=CC=CCCC(O)CC(=O)OC. The zero-order valence-electron chi connectivity index (χ0n) is 17.4. The van der Waals surface area contributed by atoms with Crippen molar-refractivity contribution in [3.63, 3.8) is 0 Å². The van der Waals surface area contributed by atoms with Gasteiger partial charge in [0.2, 0.25) is 0 Å². The molecular formula is C22H34O6. The quantitative estimate of drug-likeness (QED) is 0.307. The Morgan fingerprint density at radius 1 is 0.857 bits per heavy atom. The van der Waals surface area contributed by atoms with Crippen LogP contribution in [0.2, 0.25) is 0 Å². The van der Waals surface area contributed by atoms with Gasteiger partial charge in [-0.2, -0.15) is 0 Å². The molecule has 6 heteroatoms. The topological polar surface area (TPSA) is 89.9 Å². The summed E-state index contributed by atoms with van der Waals surface area (Å²) in [5, 5.41) is 9.35. The van der Waals surface area contributed by atoms with E-state index in [2.05, 4.69) is 9.47 Å². The van der Waals surface area contributed by atoms with E-state index < -0.39 is 12.1 Å². The number of methoxy groups -OCH3 is 2. The third-order valence-corrected chi connectivity index (χ3v) is 3.33. The van der Waals surface area contributed by atoms with Crippen LogP contribution in [0.25, 0.3) is 0 Å². The fraction of sp³-hybridized carbons (Fsp3) is 0.500. The lowest BCUT2D eigenvalue weighted by atomic mass is 10.1. The second-order valence-electron chi connectivity index (χ2n) is 5.75. The first-order valence-electron chi connectivity index (χ1n) is 9.30. The Morgan fingerprint density at radius 3 is 1.89 bits per heavy atom. The number of Topliss-reactive ketones (excluding diaryl/α,β-unsaturated/α-hetero) is 1. The van der Waals surface area contributed by atoms with Gasteiger partial charge in [-0.1, -0.05) is 48.6 Å². The van der Waals surface area contributed by atoms with Gasteiger partial charge in [0.15, 0.2) is 0 Å². The molecule has 0 aromatic rings. The molecule has 1 N–H and O–H groups in total. The Morgan fingerprint density at radius 2 is 1.39 bits per heavy atom. The summed E-state index contributed by atoms with van der Waals surface area (Å²) >= 11 is 0. The van der Waals surface area contributed by atoms with Crippen molar-refractivity contribution in [3.8, 4) is 0 Å². The average molecular weight is 395 g/mol. The molecule has 28 heavy (non-hydrogen) atoms. The molecule has 0 aliphatic heterocycles. The number of hydrogen-bond acceptors (Lipinski definition) is 6. The molecular weight excluding hydrogens is 360 g/mol. The number of aliphatic hydroxyl groups is 1. The highest BCUT2D eigenvalue weighted by molar-refractivity contribution is 5.95. The maximum atomic E-state index is 11.1. The van der Waals surface area contributed by atoms with Crippen LogP contribution in [0.3, 0.4) is 0 Å². The van der Waals surface area contributed by atoms with Crippen LogP contribution < -0.4 is 0 Å². The molecule has 0 aliphatic rings. The van der Waals surface area contributed by atoms with Gasteiger partial charge in [0.1, 0.15) is 12.2 Å². The normalized spacial score (nSPS) is 12.3. The molecule has 0 radical (unpaired) electrons. The third-order valence-electron chi connectivity index (χ3n) is 3.33. The summed E-state index contributed by atoms with van der Waals surface area (Å²) in [6.07, 6.45) is 17.1. The van der Waals surface area contributed by atoms with E-state index in [9.17, 15) is 19.5 Å². The number of ketones is 1. The lowest BCUT2D eigenvalue weighted by Gasteiger charge is -2.06. The number of carbonyl (C=O) groups excluding carboxylic acids is 3. The van der Waals surface area contributed by atoms with Crippen LogP contribution in [0.5, 0.6) is 0 Å². The Bertz CT molecular complexity index is 543. The van der Waals surface area contributed by atoms with E-state index in [1.54, 1.807) is 0 Å². The predicted molar refractivity (Wildman–Crippen MR) is 111 cm³/mol. The molecule has 0 saturated heterocycles. The van der Waals surface area contributed by atoms with Gasteiger partial charge >= 0.3 is 11.9 Å². The van der Waals surface area contributed by atoms with Gasteiger partial charge in [0, 0.05) is 6.42 Å². The number of ether oxygens (including phenoxy) is 2. The predicted octanol–water partition coefficient (Wildman–Crippen LogP) is 3.85. The first-order valence-corrected chi connectivity index (χ1v) is 9.30. The summed E-state index contributed by atoms with van der Waals surface area (Å²) in [6, 6.07) is 0. The van der Waals surface area contributed by atoms with E-state index in [1.165, 1.54) is 14.2 Å². The van der Waals surface area contributed by atoms with E-state index in [1.807, 2.05) is 62.5 Å². The Balaban J connectivity index is 0. The summed E-state index contributed by atoms with van der Waals surface area (Å²) in [5.41, 5.74) is 0. The Labute approximate surface area is 168 Å². The number of aliphatic hydroxyl groups excluding tert-OH is 1. The standard InChI is InChI=1S/C11H18O3.C11H16O3/c2*1-3-4-5-6-7-8-10(12)9-11(13)14-2/h3-6,10,12H,7-9H2,1-2H3;3-6H,7-9H2,1-2H3. The molecule has 0 fully saturated rings. The van der Waals surface area contributed by atoms with E-state index in [0.29, 0.717) is 19.3 Å². The third kappa shape index (κ3) is 21.6. The number of rotatable bonds is 12. The minimum absolute atomic E-state index is 0.0773. The van der Waals surface area contributed by atoms with Crippen LogP contribution in [-0.4, -0.2) is 43.2 Å². The van der Waals surface area contributed by atoms with Crippen molar-refractivity contribution in [2.45, 2.75) is 58.5 Å². The largest absolute Gasteiger partial charge is 0.469 e. The average Bonchev–Trinajstić information content (AvgIpc) is 2.67. The summed E-state index contributed by atoms with van der Waals surface area (Å²) < 4.78 is 8.81.